The van der Waals surface area contributed by atoms with E-state index in [0.29, 0.717) is 24.8 Å². The maximum atomic E-state index is 11.6. The Bertz CT molecular complexity index is 538. The van der Waals surface area contributed by atoms with Gasteiger partial charge in [0.25, 0.3) is 0 Å². The molecule has 2 aliphatic carbocycles. The van der Waals surface area contributed by atoms with E-state index in [4.69, 9.17) is 5.11 Å². The molecule has 0 unspecified atom stereocenters. The molecule has 19 heavy (non-hydrogen) atoms. The summed E-state index contributed by atoms with van der Waals surface area (Å²) in [6.45, 7) is 7.34. The fourth-order valence-electron chi connectivity index (χ4n) is 3.10. The molecule has 0 heterocycles. The molecule has 4 heteroatoms. The summed E-state index contributed by atoms with van der Waals surface area (Å²) >= 11 is 0. The summed E-state index contributed by atoms with van der Waals surface area (Å²) in [4.78, 5) is 22.7. The van der Waals surface area contributed by atoms with Gasteiger partial charge in [-0.05, 0) is 43.8 Å². The molecular formula is C15H18O4. The molecule has 4 nitrogen and oxygen atoms in total. The Labute approximate surface area is 112 Å². The Morgan fingerprint density at radius 2 is 2.16 bits per heavy atom. The van der Waals surface area contributed by atoms with E-state index in [2.05, 4.69) is 6.58 Å². The Morgan fingerprint density at radius 3 is 2.74 bits per heavy atom. The van der Waals surface area contributed by atoms with Gasteiger partial charge in [-0.25, -0.2) is 4.79 Å². The number of aliphatic hydroxyl groups is 1. The first-order valence-corrected chi connectivity index (χ1v) is 6.35. The molecule has 2 atom stereocenters. The predicted octanol–water partition coefficient (Wildman–Crippen LogP) is 2.77. The number of allylic oxidation sites excluding steroid dienone is 3. The first-order valence-electron chi connectivity index (χ1n) is 6.35. The highest BCUT2D eigenvalue weighted by Crippen LogP contribution is 2.52. The number of carbonyl (C=O) groups is 2. The zero-order chi connectivity index (χ0) is 14.4. The standard InChI is InChI=1S/C15H18O4/c1-8(14(18)19)10-4-5-11-6-12(16)13(17)9(2)15(11,3)7-10/h6,10,17H,1,4-5,7H2,2-3H3,(H,18,19)/t10-,15-/m1/s1. The third-order valence-electron chi connectivity index (χ3n) is 4.61. The molecule has 1 saturated carbocycles. The predicted molar refractivity (Wildman–Crippen MR) is 70.6 cm³/mol. The molecule has 0 amide bonds. The van der Waals surface area contributed by atoms with Crippen molar-refractivity contribution in [3.05, 3.63) is 35.1 Å². The second-order valence-electron chi connectivity index (χ2n) is 5.61. The number of carboxylic acids is 1. The lowest BCUT2D eigenvalue weighted by Gasteiger charge is -2.43. The molecule has 2 rings (SSSR count). The minimum absolute atomic E-state index is 0.115. The lowest BCUT2D eigenvalue weighted by molar-refractivity contribution is -0.133. The molecule has 102 valence electrons. The molecule has 0 aromatic heterocycles. The van der Waals surface area contributed by atoms with Gasteiger partial charge >= 0.3 is 5.97 Å². The molecule has 0 radical (unpaired) electrons. The van der Waals surface area contributed by atoms with Crippen LogP contribution >= 0.6 is 0 Å². The highest BCUT2D eigenvalue weighted by molar-refractivity contribution is 6.04. The van der Waals surface area contributed by atoms with E-state index in [1.54, 1.807) is 6.92 Å². The highest BCUT2D eigenvalue weighted by Gasteiger charge is 2.43. The van der Waals surface area contributed by atoms with Gasteiger partial charge in [-0.15, -0.1) is 0 Å². The van der Waals surface area contributed by atoms with Crippen LogP contribution in [0.2, 0.25) is 0 Å². The Kier molecular flexibility index (Phi) is 3.12. The van der Waals surface area contributed by atoms with Crippen LogP contribution in [0.5, 0.6) is 0 Å². The molecule has 0 aliphatic heterocycles. The molecule has 2 N–H and O–H groups in total. The van der Waals surface area contributed by atoms with Gasteiger partial charge in [0.15, 0.2) is 5.76 Å². The minimum Gasteiger partial charge on any atom is -0.504 e. The summed E-state index contributed by atoms with van der Waals surface area (Å²) in [5.41, 5.74) is 1.41. The van der Waals surface area contributed by atoms with E-state index in [1.807, 2.05) is 6.92 Å². The Hall–Kier alpha value is -1.84. The third kappa shape index (κ3) is 2.01. The minimum atomic E-state index is -0.973. The number of hydrogen-bond acceptors (Lipinski definition) is 3. The van der Waals surface area contributed by atoms with Crippen LogP contribution in [0.1, 0.15) is 33.1 Å². The van der Waals surface area contributed by atoms with Crippen LogP contribution in [0.25, 0.3) is 0 Å². The zero-order valence-electron chi connectivity index (χ0n) is 11.2. The molecule has 0 aromatic carbocycles. The first kappa shape index (κ1) is 13.6. The summed E-state index contributed by atoms with van der Waals surface area (Å²) in [7, 11) is 0. The van der Waals surface area contributed by atoms with Gasteiger partial charge in [0, 0.05) is 11.0 Å². The maximum absolute atomic E-state index is 11.6. The number of aliphatic carboxylic acids is 1. The van der Waals surface area contributed by atoms with Crippen LogP contribution in [0.3, 0.4) is 0 Å². The lowest BCUT2D eigenvalue weighted by Crippen LogP contribution is -2.35. The average molecular weight is 262 g/mol. The van der Waals surface area contributed by atoms with Gasteiger partial charge in [0.1, 0.15) is 0 Å². The fourth-order valence-corrected chi connectivity index (χ4v) is 3.10. The van der Waals surface area contributed by atoms with Crippen molar-refractivity contribution in [2.24, 2.45) is 11.3 Å². The van der Waals surface area contributed by atoms with Gasteiger partial charge in [-0.2, -0.15) is 0 Å². The molecule has 1 fully saturated rings. The first-order chi connectivity index (χ1) is 8.77. The van der Waals surface area contributed by atoms with Crippen molar-refractivity contribution in [3.8, 4) is 0 Å². The highest BCUT2D eigenvalue weighted by atomic mass is 16.4. The Balaban J connectivity index is 2.36. The largest absolute Gasteiger partial charge is 0.504 e. The van der Waals surface area contributed by atoms with E-state index < -0.39 is 11.4 Å². The molecule has 0 bridgehead atoms. The van der Waals surface area contributed by atoms with Gasteiger partial charge in [0.2, 0.25) is 5.78 Å². The average Bonchev–Trinajstić information content (AvgIpc) is 2.36. The SMILES string of the molecule is C=C(C(=O)O)[C@@H]1CCC2=CC(=O)C(O)=C(C)[C@@]2(C)C1. The fraction of sp³-hybridized carbons (Fsp3) is 0.467. The second kappa shape index (κ2) is 4.37. The second-order valence-corrected chi connectivity index (χ2v) is 5.61. The smallest absolute Gasteiger partial charge is 0.331 e. The number of hydrogen-bond donors (Lipinski definition) is 2. The van der Waals surface area contributed by atoms with Crippen LogP contribution in [0.15, 0.2) is 35.1 Å². The lowest BCUT2D eigenvalue weighted by atomic mass is 9.60. The van der Waals surface area contributed by atoms with E-state index in [9.17, 15) is 14.7 Å². The zero-order valence-corrected chi connectivity index (χ0v) is 11.2. The van der Waals surface area contributed by atoms with Crippen molar-refractivity contribution in [2.75, 3.05) is 0 Å². The summed E-state index contributed by atoms with van der Waals surface area (Å²) in [6, 6.07) is 0. The van der Waals surface area contributed by atoms with Crippen LogP contribution in [-0.2, 0) is 9.59 Å². The molecule has 0 aromatic rings. The van der Waals surface area contributed by atoms with Crippen molar-refractivity contribution >= 4 is 11.8 Å². The van der Waals surface area contributed by atoms with E-state index in [0.717, 1.165) is 5.57 Å². The van der Waals surface area contributed by atoms with Crippen molar-refractivity contribution in [1.82, 2.24) is 0 Å². The van der Waals surface area contributed by atoms with E-state index in [1.165, 1.54) is 6.08 Å². The van der Waals surface area contributed by atoms with E-state index >= 15 is 0 Å². The van der Waals surface area contributed by atoms with Gasteiger partial charge in [0.05, 0.1) is 0 Å². The summed E-state index contributed by atoms with van der Waals surface area (Å²) < 4.78 is 0. The number of carboxylic acid groups (broad SMARTS) is 1. The third-order valence-corrected chi connectivity index (χ3v) is 4.61. The molecule has 0 saturated heterocycles. The summed E-state index contributed by atoms with van der Waals surface area (Å²) in [5.74, 6) is -1.64. The van der Waals surface area contributed by atoms with Gasteiger partial charge < -0.3 is 10.2 Å². The van der Waals surface area contributed by atoms with Crippen LogP contribution in [0, 0.1) is 11.3 Å². The number of ketones is 1. The van der Waals surface area contributed by atoms with Gasteiger partial charge in [-0.3, -0.25) is 4.79 Å². The topological polar surface area (TPSA) is 74.6 Å². The quantitative estimate of drug-likeness (QED) is 0.750. The number of rotatable bonds is 2. The monoisotopic (exact) mass is 262 g/mol. The van der Waals surface area contributed by atoms with Crippen molar-refractivity contribution in [3.63, 3.8) is 0 Å². The Morgan fingerprint density at radius 1 is 1.53 bits per heavy atom. The summed E-state index contributed by atoms with van der Waals surface area (Å²) in [5, 5.41) is 18.9. The molecule has 2 aliphatic rings. The van der Waals surface area contributed by atoms with Crippen molar-refractivity contribution in [1.29, 1.82) is 0 Å². The number of aliphatic hydroxyl groups excluding tert-OH is 1. The maximum Gasteiger partial charge on any atom is 0.331 e. The van der Waals surface area contributed by atoms with Crippen LogP contribution in [-0.4, -0.2) is 22.0 Å². The van der Waals surface area contributed by atoms with Crippen LogP contribution < -0.4 is 0 Å². The molecular weight excluding hydrogens is 244 g/mol. The van der Waals surface area contributed by atoms with Crippen molar-refractivity contribution in [2.45, 2.75) is 33.1 Å². The normalized spacial score (nSPS) is 30.7. The summed E-state index contributed by atoms with van der Waals surface area (Å²) in [6.07, 6.45) is 3.44. The van der Waals surface area contributed by atoms with Crippen LogP contribution in [0.4, 0.5) is 0 Å². The number of carbonyl (C=O) groups excluding carboxylic acids is 1. The van der Waals surface area contributed by atoms with Crippen molar-refractivity contribution < 1.29 is 19.8 Å². The molecule has 0 spiro atoms. The van der Waals surface area contributed by atoms with Gasteiger partial charge in [-0.1, -0.05) is 19.1 Å². The number of fused-ring (bicyclic) bond motifs is 1. The van der Waals surface area contributed by atoms with E-state index in [-0.39, 0.29) is 23.0 Å².